The maximum atomic E-state index is 11.8. The van der Waals surface area contributed by atoms with Crippen LogP contribution in [0, 0.1) is 0 Å². The fourth-order valence-corrected chi connectivity index (χ4v) is 2.45. The van der Waals surface area contributed by atoms with Crippen molar-refractivity contribution in [1.29, 1.82) is 0 Å². The smallest absolute Gasteiger partial charge is 0.408 e. The number of carbonyl (C=O) groups is 2. The molecule has 1 atom stereocenters. The van der Waals surface area contributed by atoms with E-state index in [0.29, 0.717) is 18.4 Å². The Morgan fingerprint density at radius 1 is 1.35 bits per heavy atom. The normalized spacial score (nSPS) is 17.4. The summed E-state index contributed by atoms with van der Waals surface area (Å²) in [7, 11) is 0. The van der Waals surface area contributed by atoms with Gasteiger partial charge < -0.3 is 15.2 Å². The van der Waals surface area contributed by atoms with Crippen molar-refractivity contribution in [2.45, 2.75) is 45.3 Å². The summed E-state index contributed by atoms with van der Waals surface area (Å²) in [6.07, 6.45) is 0.869. The molecule has 1 aliphatic rings. The summed E-state index contributed by atoms with van der Waals surface area (Å²) in [6.45, 7) is 5.41. The first kappa shape index (κ1) is 14.4. The Balaban J connectivity index is 2.15. The van der Waals surface area contributed by atoms with Crippen LogP contribution >= 0.6 is 0 Å². The summed E-state index contributed by atoms with van der Waals surface area (Å²) >= 11 is 0. The minimum absolute atomic E-state index is 0.181. The van der Waals surface area contributed by atoms with Gasteiger partial charge in [0.1, 0.15) is 5.60 Å². The summed E-state index contributed by atoms with van der Waals surface area (Å²) in [5.41, 5.74) is 1.45. The predicted octanol–water partition coefficient (Wildman–Crippen LogP) is 2.90. The summed E-state index contributed by atoms with van der Waals surface area (Å²) in [5, 5.41) is 12.0. The number of rotatable bonds is 2. The van der Waals surface area contributed by atoms with Gasteiger partial charge in [-0.25, -0.2) is 9.59 Å². The van der Waals surface area contributed by atoms with Gasteiger partial charge in [0.05, 0.1) is 11.6 Å². The number of benzene rings is 1. The van der Waals surface area contributed by atoms with Gasteiger partial charge in [-0.3, -0.25) is 0 Å². The Kier molecular flexibility index (Phi) is 3.70. The second kappa shape index (κ2) is 5.15. The average Bonchev–Trinajstić information content (AvgIpc) is 2.69. The van der Waals surface area contributed by atoms with E-state index >= 15 is 0 Å². The third-order valence-electron chi connectivity index (χ3n) is 3.19. The fraction of sp³-hybridized carbons (Fsp3) is 0.467. The molecule has 0 heterocycles. The molecule has 0 bridgehead atoms. The summed E-state index contributed by atoms with van der Waals surface area (Å²) < 4.78 is 5.23. The van der Waals surface area contributed by atoms with Crippen LogP contribution < -0.4 is 5.32 Å². The summed E-state index contributed by atoms with van der Waals surface area (Å²) in [5.74, 6) is -0.931. The Morgan fingerprint density at radius 3 is 2.65 bits per heavy atom. The summed E-state index contributed by atoms with van der Waals surface area (Å²) in [6, 6.07) is 4.98. The minimum atomic E-state index is -0.931. The lowest BCUT2D eigenvalue weighted by Crippen LogP contribution is -2.34. The Labute approximate surface area is 117 Å². The molecule has 0 saturated heterocycles. The standard InChI is InChI=1S/C15H19NO4/c1-15(2,3)20-14(19)16-12-8-7-9-10(12)5-4-6-11(9)13(17)18/h4-6,12H,7-8H2,1-3H3,(H,16,19)(H,17,18)/t12-/m0/s1. The molecule has 0 fully saturated rings. The van der Waals surface area contributed by atoms with Crippen LogP contribution in [-0.4, -0.2) is 22.8 Å². The predicted molar refractivity (Wildman–Crippen MR) is 73.8 cm³/mol. The highest BCUT2D eigenvalue weighted by atomic mass is 16.6. The molecule has 5 heteroatoms. The second-order valence-electron chi connectivity index (χ2n) is 5.92. The van der Waals surface area contributed by atoms with E-state index in [1.807, 2.05) is 6.07 Å². The van der Waals surface area contributed by atoms with Crippen molar-refractivity contribution in [3.8, 4) is 0 Å². The first-order chi connectivity index (χ1) is 9.28. The molecule has 0 aliphatic heterocycles. The fourth-order valence-electron chi connectivity index (χ4n) is 2.45. The minimum Gasteiger partial charge on any atom is -0.478 e. The van der Waals surface area contributed by atoms with Crippen LogP contribution in [-0.2, 0) is 11.2 Å². The topological polar surface area (TPSA) is 75.6 Å². The molecule has 0 radical (unpaired) electrons. The van der Waals surface area contributed by atoms with Crippen LogP contribution in [0.4, 0.5) is 4.79 Å². The van der Waals surface area contributed by atoms with Gasteiger partial charge in [0, 0.05) is 0 Å². The number of carbonyl (C=O) groups excluding carboxylic acids is 1. The first-order valence-corrected chi connectivity index (χ1v) is 6.62. The van der Waals surface area contributed by atoms with E-state index in [2.05, 4.69) is 5.32 Å². The molecule has 1 aromatic carbocycles. The molecule has 1 aromatic rings. The molecule has 0 saturated carbocycles. The van der Waals surface area contributed by atoms with Crippen LogP contribution in [0.1, 0.15) is 54.7 Å². The number of amides is 1. The molecule has 0 aromatic heterocycles. The van der Waals surface area contributed by atoms with Crippen molar-refractivity contribution in [2.75, 3.05) is 0 Å². The zero-order chi connectivity index (χ0) is 14.9. The molecule has 2 rings (SSSR count). The lowest BCUT2D eigenvalue weighted by atomic mass is 10.0. The molecule has 5 nitrogen and oxygen atoms in total. The summed E-state index contributed by atoms with van der Waals surface area (Å²) in [4.78, 5) is 23.0. The first-order valence-electron chi connectivity index (χ1n) is 6.62. The Hall–Kier alpha value is -2.04. The van der Waals surface area contributed by atoms with Gasteiger partial charge in [-0.15, -0.1) is 0 Å². The second-order valence-corrected chi connectivity index (χ2v) is 5.92. The number of fused-ring (bicyclic) bond motifs is 1. The van der Waals surface area contributed by atoms with Crippen LogP contribution in [0.5, 0.6) is 0 Å². The maximum absolute atomic E-state index is 11.8. The number of hydrogen-bond donors (Lipinski definition) is 2. The van der Waals surface area contributed by atoms with E-state index < -0.39 is 17.7 Å². The van der Waals surface area contributed by atoms with Gasteiger partial charge >= 0.3 is 12.1 Å². The highest BCUT2D eigenvalue weighted by Crippen LogP contribution is 2.33. The van der Waals surface area contributed by atoms with Crippen molar-refractivity contribution < 1.29 is 19.4 Å². The Morgan fingerprint density at radius 2 is 2.05 bits per heavy atom. The van der Waals surface area contributed by atoms with E-state index in [1.165, 1.54) is 0 Å². The average molecular weight is 277 g/mol. The number of nitrogens with one attached hydrogen (secondary N) is 1. The number of aromatic carboxylic acids is 1. The van der Waals surface area contributed by atoms with E-state index in [1.54, 1.807) is 32.9 Å². The van der Waals surface area contributed by atoms with Gasteiger partial charge in [-0.2, -0.15) is 0 Å². The van der Waals surface area contributed by atoms with Crippen LogP contribution in [0.15, 0.2) is 18.2 Å². The van der Waals surface area contributed by atoms with Gasteiger partial charge in [0.25, 0.3) is 0 Å². The molecule has 0 spiro atoms. The van der Waals surface area contributed by atoms with Gasteiger partial charge in [0.15, 0.2) is 0 Å². The molecule has 0 unspecified atom stereocenters. The van der Waals surface area contributed by atoms with E-state index in [0.717, 1.165) is 11.1 Å². The lowest BCUT2D eigenvalue weighted by molar-refractivity contribution is 0.0503. The monoisotopic (exact) mass is 277 g/mol. The number of hydrogen-bond acceptors (Lipinski definition) is 3. The van der Waals surface area contributed by atoms with Crippen molar-refractivity contribution in [1.82, 2.24) is 5.32 Å². The van der Waals surface area contributed by atoms with Gasteiger partial charge in [-0.1, -0.05) is 12.1 Å². The molecule has 1 amide bonds. The number of ether oxygens (including phenoxy) is 1. The van der Waals surface area contributed by atoms with Crippen molar-refractivity contribution in [2.24, 2.45) is 0 Å². The number of carboxylic acid groups (broad SMARTS) is 1. The maximum Gasteiger partial charge on any atom is 0.408 e. The molecular weight excluding hydrogens is 258 g/mol. The van der Waals surface area contributed by atoms with Crippen molar-refractivity contribution in [3.05, 3.63) is 34.9 Å². The quantitative estimate of drug-likeness (QED) is 0.871. The Bertz CT molecular complexity index is 545. The molecular formula is C15H19NO4. The number of carboxylic acids is 1. The third-order valence-corrected chi connectivity index (χ3v) is 3.19. The van der Waals surface area contributed by atoms with Crippen LogP contribution in [0.2, 0.25) is 0 Å². The lowest BCUT2D eigenvalue weighted by Gasteiger charge is -2.22. The van der Waals surface area contributed by atoms with Gasteiger partial charge in [-0.05, 0) is 50.8 Å². The van der Waals surface area contributed by atoms with Crippen molar-refractivity contribution >= 4 is 12.1 Å². The molecule has 1 aliphatic carbocycles. The zero-order valence-corrected chi connectivity index (χ0v) is 11.9. The van der Waals surface area contributed by atoms with E-state index in [9.17, 15) is 9.59 Å². The number of alkyl carbamates (subject to hydrolysis) is 1. The third kappa shape index (κ3) is 3.10. The highest BCUT2D eigenvalue weighted by molar-refractivity contribution is 5.90. The molecule has 2 N–H and O–H groups in total. The molecule has 20 heavy (non-hydrogen) atoms. The van der Waals surface area contributed by atoms with Crippen molar-refractivity contribution in [3.63, 3.8) is 0 Å². The molecule has 108 valence electrons. The zero-order valence-electron chi connectivity index (χ0n) is 11.9. The SMILES string of the molecule is CC(C)(C)OC(=O)N[C@H]1CCc2c(C(=O)O)cccc21. The van der Waals surface area contributed by atoms with Crippen LogP contribution in [0.3, 0.4) is 0 Å². The van der Waals surface area contributed by atoms with E-state index in [4.69, 9.17) is 9.84 Å². The largest absolute Gasteiger partial charge is 0.478 e. The van der Waals surface area contributed by atoms with Gasteiger partial charge in [0.2, 0.25) is 0 Å². The van der Waals surface area contributed by atoms with Crippen LogP contribution in [0.25, 0.3) is 0 Å². The van der Waals surface area contributed by atoms with E-state index in [-0.39, 0.29) is 6.04 Å². The highest BCUT2D eigenvalue weighted by Gasteiger charge is 2.28.